The Balaban J connectivity index is 1.54. The van der Waals surface area contributed by atoms with Crippen LogP contribution in [0.3, 0.4) is 0 Å². The average molecular weight is 426 g/mol. The molecular formula is C24H19N5OS. The molecule has 0 unspecified atom stereocenters. The fourth-order valence-corrected chi connectivity index (χ4v) is 4.12. The van der Waals surface area contributed by atoms with Gasteiger partial charge in [-0.3, -0.25) is 4.79 Å². The number of thiazole rings is 1. The number of hydrogen-bond acceptors (Lipinski definition) is 5. The normalized spacial score (nSPS) is 11.0. The van der Waals surface area contributed by atoms with Crippen LogP contribution in [0.4, 0.5) is 0 Å². The number of carbonyl (C=O) groups is 1. The molecule has 5 rings (SSSR count). The van der Waals surface area contributed by atoms with Crippen molar-refractivity contribution in [1.82, 2.24) is 25.1 Å². The lowest BCUT2D eigenvalue weighted by Crippen LogP contribution is -2.23. The van der Waals surface area contributed by atoms with E-state index < -0.39 is 0 Å². The van der Waals surface area contributed by atoms with Crippen molar-refractivity contribution in [2.75, 3.05) is 0 Å². The van der Waals surface area contributed by atoms with Gasteiger partial charge in [0.2, 0.25) is 0 Å². The third-order valence-electron chi connectivity index (χ3n) is 4.96. The Bertz CT molecular complexity index is 1370. The molecule has 152 valence electrons. The Morgan fingerprint density at radius 2 is 1.90 bits per heavy atom. The van der Waals surface area contributed by atoms with Gasteiger partial charge in [0.1, 0.15) is 0 Å². The molecule has 0 fully saturated rings. The molecule has 0 aliphatic heterocycles. The number of benzene rings is 2. The van der Waals surface area contributed by atoms with E-state index in [0.717, 1.165) is 32.7 Å². The Morgan fingerprint density at radius 3 is 2.74 bits per heavy atom. The number of aromatic nitrogens is 4. The lowest BCUT2D eigenvalue weighted by Gasteiger charge is -2.07. The highest BCUT2D eigenvalue weighted by molar-refractivity contribution is 7.16. The van der Waals surface area contributed by atoms with Gasteiger partial charge < -0.3 is 5.32 Å². The molecular weight excluding hydrogens is 406 g/mol. The summed E-state index contributed by atoms with van der Waals surface area (Å²) in [4.78, 5) is 21.8. The second-order valence-corrected chi connectivity index (χ2v) is 8.05. The van der Waals surface area contributed by atoms with Crippen LogP contribution in [0.5, 0.6) is 0 Å². The molecule has 1 amide bonds. The first-order valence-corrected chi connectivity index (χ1v) is 10.8. The van der Waals surface area contributed by atoms with E-state index in [9.17, 15) is 4.79 Å². The van der Waals surface area contributed by atoms with Gasteiger partial charge in [-0.2, -0.15) is 5.10 Å². The molecule has 3 aromatic heterocycles. The second kappa shape index (κ2) is 8.12. The van der Waals surface area contributed by atoms with Crippen LogP contribution in [0.15, 0.2) is 78.3 Å². The van der Waals surface area contributed by atoms with Gasteiger partial charge >= 0.3 is 0 Å². The van der Waals surface area contributed by atoms with Crippen LogP contribution < -0.4 is 5.32 Å². The molecule has 0 radical (unpaired) electrons. The summed E-state index contributed by atoms with van der Waals surface area (Å²) in [5.74, 6) is 0.442. The Morgan fingerprint density at radius 1 is 1.03 bits per heavy atom. The Labute approximate surface area is 183 Å². The summed E-state index contributed by atoms with van der Waals surface area (Å²) in [6, 6.07) is 23.4. The van der Waals surface area contributed by atoms with Crippen LogP contribution in [0.25, 0.3) is 27.3 Å². The highest BCUT2D eigenvalue weighted by Gasteiger charge is 2.18. The monoisotopic (exact) mass is 425 g/mol. The maximum Gasteiger partial charge on any atom is 0.272 e. The molecule has 0 bridgehead atoms. The van der Waals surface area contributed by atoms with Crippen molar-refractivity contribution in [3.8, 4) is 17.1 Å². The maximum absolute atomic E-state index is 12.9. The lowest BCUT2D eigenvalue weighted by atomic mass is 10.1. The van der Waals surface area contributed by atoms with Gasteiger partial charge in [-0.05, 0) is 42.8 Å². The molecule has 5 aromatic rings. The molecule has 3 heterocycles. The minimum Gasteiger partial charge on any atom is -0.347 e. The summed E-state index contributed by atoms with van der Waals surface area (Å²) >= 11 is 1.58. The van der Waals surface area contributed by atoms with E-state index in [1.54, 1.807) is 16.0 Å². The summed E-state index contributed by atoms with van der Waals surface area (Å²) in [6.07, 6.45) is 0. The Kier molecular flexibility index (Phi) is 5.01. The zero-order valence-electron chi connectivity index (χ0n) is 16.8. The Hall–Kier alpha value is -3.84. The fourth-order valence-electron chi connectivity index (χ4n) is 3.40. The molecule has 2 aromatic carbocycles. The SMILES string of the molecule is Cc1cccc(-n2nc(C(=O)NCc3ccccc3)cc2-c2ccc3ncsc3c2)n1. The zero-order valence-corrected chi connectivity index (χ0v) is 17.6. The first kappa shape index (κ1) is 19.1. The number of nitrogens with one attached hydrogen (secondary N) is 1. The van der Waals surface area contributed by atoms with Crippen molar-refractivity contribution in [3.63, 3.8) is 0 Å². The molecule has 31 heavy (non-hydrogen) atoms. The van der Waals surface area contributed by atoms with Crippen LogP contribution in [-0.2, 0) is 6.54 Å². The quantitative estimate of drug-likeness (QED) is 0.440. The number of fused-ring (bicyclic) bond motifs is 1. The van der Waals surface area contributed by atoms with E-state index in [1.165, 1.54) is 0 Å². The molecule has 0 saturated heterocycles. The van der Waals surface area contributed by atoms with Crippen LogP contribution in [0.1, 0.15) is 21.7 Å². The van der Waals surface area contributed by atoms with Crippen molar-refractivity contribution >= 4 is 27.5 Å². The number of amides is 1. The van der Waals surface area contributed by atoms with E-state index >= 15 is 0 Å². The van der Waals surface area contributed by atoms with Crippen molar-refractivity contribution in [2.24, 2.45) is 0 Å². The number of carbonyl (C=O) groups excluding carboxylic acids is 1. The summed E-state index contributed by atoms with van der Waals surface area (Å²) in [5.41, 5.74) is 6.80. The highest BCUT2D eigenvalue weighted by atomic mass is 32.1. The number of pyridine rings is 1. The summed E-state index contributed by atoms with van der Waals surface area (Å²) in [5, 5.41) is 7.56. The third kappa shape index (κ3) is 3.95. The zero-order chi connectivity index (χ0) is 21.2. The van der Waals surface area contributed by atoms with E-state index in [1.807, 2.05) is 79.2 Å². The lowest BCUT2D eigenvalue weighted by molar-refractivity contribution is 0.0945. The number of rotatable bonds is 5. The molecule has 0 atom stereocenters. The first-order valence-electron chi connectivity index (χ1n) is 9.87. The van der Waals surface area contributed by atoms with Gasteiger partial charge in [-0.1, -0.05) is 42.5 Å². The maximum atomic E-state index is 12.9. The number of aryl methyl sites for hydroxylation is 1. The predicted molar refractivity (Wildman–Crippen MR) is 122 cm³/mol. The summed E-state index contributed by atoms with van der Waals surface area (Å²) in [7, 11) is 0. The molecule has 6 nitrogen and oxygen atoms in total. The number of nitrogens with zero attached hydrogens (tertiary/aromatic N) is 4. The van der Waals surface area contributed by atoms with Gasteiger partial charge in [0, 0.05) is 17.8 Å². The topological polar surface area (TPSA) is 72.7 Å². The van der Waals surface area contributed by atoms with Gasteiger partial charge in [0.05, 0.1) is 21.4 Å². The standard InChI is InChI=1S/C24H19N5OS/c1-16-6-5-9-23(27-16)29-21(18-10-11-19-22(12-18)31-15-26-19)13-20(28-29)24(30)25-14-17-7-3-2-4-8-17/h2-13,15H,14H2,1H3,(H,25,30). The van der Waals surface area contributed by atoms with Crippen LogP contribution in [0.2, 0.25) is 0 Å². The van der Waals surface area contributed by atoms with E-state index in [4.69, 9.17) is 0 Å². The van der Waals surface area contributed by atoms with E-state index in [-0.39, 0.29) is 5.91 Å². The van der Waals surface area contributed by atoms with Gasteiger partial charge in [-0.25, -0.2) is 14.6 Å². The molecule has 7 heteroatoms. The average Bonchev–Trinajstić information content (AvgIpc) is 3.45. The van der Waals surface area contributed by atoms with Gasteiger partial charge in [-0.15, -0.1) is 11.3 Å². The summed E-state index contributed by atoms with van der Waals surface area (Å²) < 4.78 is 2.81. The minimum atomic E-state index is -0.227. The van der Waals surface area contributed by atoms with Crippen LogP contribution >= 0.6 is 11.3 Å². The van der Waals surface area contributed by atoms with Crippen molar-refractivity contribution in [2.45, 2.75) is 13.5 Å². The van der Waals surface area contributed by atoms with E-state index in [2.05, 4.69) is 26.4 Å². The molecule has 0 saturated carbocycles. The molecule has 0 aliphatic carbocycles. The highest BCUT2D eigenvalue weighted by Crippen LogP contribution is 2.28. The van der Waals surface area contributed by atoms with Crippen LogP contribution in [0, 0.1) is 6.92 Å². The van der Waals surface area contributed by atoms with Crippen LogP contribution in [-0.4, -0.2) is 25.7 Å². The molecule has 0 spiro atoms. The largest absolute Gasteiger partial charge is 0.347 e. The van der Waals surface area contributed by atoms with Crippen molar-refractivity contribution in [1.29, 1.82) is 0 Å². The number of hydrogen-bond donors (Lipinski definition) is 1. The summed E-state index contributed by atoms with van der Waals surface area (Å²) in [6.45, 7) is 2.38. The van der Waals surface area contributed by atoms with Gasteiger partial charge in [0.15, 0.2) is 11.5 Å². The van der Waals surface area contributed by atoms with Gasteiger partial charge in [0.25, 0.3) is 5.91 Å². The third-order valence-corrected chi connectivity index (χ3v) is 5.75. The van der Waals surface area contributed by atoms with E-state index in [0.29, 0.717) is 18.1 Å². The molecule has 0 aliphatic rings. The minimum absolute atomic E-state index is 0.227. The van der Waals surface area contributed by atoms with Crippen molar-refractivity contribution in [3.05, 3.63) is 95.3 Å². The smallest absolute Gasteiger partial charge is 0.272 e. The fraction of sp³-hybridized carbons (Fsp3) is 0.0833. The predicted octanol–water partition coefficient (Wildman–Crippen LogP) is 4.78. The first-order chi connectivity index (χ1) is 15.2. The molecule has 1 N–H and O–H groups in total. The van der Waals surface area contributed by atoms with Crippen molar-refractivity contribution < 1.29 is 4.79 Å². The second-order valence-electron chi connectivity index (χ2n) is 7.17.